The van der Waals surface area contributed by atoms with Crippen molar-refractivity contribution in [1.82, 2.24) is 19.9 Å². The van der Waals surface area contributed by atoms with Crippen LogP contribution >= 0.6 is 22.9 Å². The van der Waals surface area contributed by atoms with Gasteiger partial charge < -0.3 is 24.4 Å². The molecule has 0 saturated heterocycles. The molecule has 0 saturated carbocycles. The van der Waals surface area contributed by atoms with Gasteiger partial charge in [-0.1, -0.05) is 22.9 Å². The molecule has 194 valence electrons. The maximum Gasteiger partial charge on any atom is 0.321 e. The highest BCUT2D eigenvalue weighted by Crippen LogP contribution is 2.35. The van der Waals surface area contributed by atoms with E-state index in [9.17, 15) is 0 Å². The van der Waals surface area contributed by atoms with Crippen LogP contribution in [0.3, 0.4) is 0 Å². The van der Waals surface area contributed by atoms with Crippen LogP contribution in [0.5, 0.6) is 6.01 Å². The minimum absolute atomic E-state index is 0.212. The number of benzene rings is 2. The first-order valence-corrected chi connectivity index (χ1v) is 12.6. The Morgan fingerprint density at radius 1 is 0.946 bits per heavy atom. The predicted octanol–water partition coefficient (Wildman–Crippen LogP) is 5.71. The molecule has 0 aliphatic heterocycles. The predicted molar refractivity (Wildman–Crippen MR) is 146 cm³/mol. The van der Waals surface area contributed by atoms with Gasteiger partial charge in [0.2, 0.25) is 11.1 Å². The van der Waals surface area contributed by atoms with E-state index in [1.807, 2.05) is 30.3 Å². The Hall–Kier alpha value is -3.45. The topological polar surface area (TPSA) is 119 Å². The number of halogens is 1. The second-order valence-corrected chi connectivity index (χ2v) is 9.25. The lowest BCUT2D eigenvalue weighted by Gasteiger charge is -2.25. The molecule has 13 heteroatoms. The minimum Gasteiger partial charge on any atom is -0.467 e. The van der Waals surface area contributed by atoms with Crippen LogP contribution in [-0.2, 0) is 9.47 Å². The van der Waals surface area contributed by atoms with Crippen LogP contribution in [0.2, 0.25) is 5.02 Å². The van der Waals surface area contributed by atoms with Gasteiger partial charge in [-0.05, 0) is 43.3 Å². The fraction of sp³-hybridized carbons (Fsp3) is 0.333. The van der Waals surface area contributed by atoms with E-state index in [4.69, 9.17) is 25.8 Å². The molecule has 0 spiro atoms. The summed E-state index contributed by atoms with van der Waals surface area (Å²) in [6.07, 6.45) is 0. The smallest absolute Gasteiger partial charge is 0.321 e. The molecule has 11 nitrogen and oxygen atoms in total. The Labute approximate surface area is 223 Å². The molecular weight excluding hydrogens is 516 g/mol. The first-order valence-electron chi connectivity index (χ1n) is 11.4. The van der Waals surface area contributed by atoms with Gasteiger partial charge in [0.05, 0.1) is 36.2 Å². The zero-order chi connectivity index (χ0) is 26.2. The number of azo groups is 1. The third-order valence-electron chi connectivity index (χ3n) is 5.21. The number of fused-ring (bicyclic) bond motifs is 1. The van der Waals surface area contributed by atoms with Crippen LogP contribution in [0.1, 0.15) is 5.82 Å². The molecule has 2 aromatic heterocycles. The van der Waals surface area contributed by atoms with Gasteiger partial charge in [-0.25, -0.2) is 4.98 Å². The van der Waals surface area contributed by atoms with E-state index in [0.717, 1.165) is 15.9 Å². The largest absolute Gasteiger partial charge is 0.467 e. The molecule has 0 atom stereocenters. The van der Waals surface area contributed by atoms with Crippen LogP contribution in [-0.4, -0.2) is 67.6 Å². The third-order valence-corrected chi connectivity index (χ3v) is 6.35. The summed E-state index contributed by atoms with van der Waals surface area (Å²) in [6.45, 7) is 4.28. The van der Waals surface area contributed by atoms with E-state index in [1.54, 1.807) is 27.2 Å². The zero-order valence-corrected chi connectivity index (χ0v) is 22.5. The van der Waals surface area contributed by atoms with Crippen molar-refractivity contribution in [2.24, 2.45) is 10.2 Å². The Morgan fingerprint density at radius 3 is 2.46 bits per heavy atom. The maximum atomic E-state index is 6.11. The number of thiazole rings is 1. The van der Waals surface area contributed by atoms with Crippen LogP contribution in [0.15, 0.2) is 46.6 Å². The van der Waals surface area contributed by atoms with Gasteiger partial charge in [-0.3, -0.25) is 0 Å². The number of hydrogen-bond donors (Lipinski definition) is 1. The van der Waals surface area contributed by atoms with E-state index < -0.39 is 0 Å². The fourth-order valence-electron chi connectivity index (χ4n) is 3.43. The molecule has 37 heavy (non-hydrogen) atoms. The van der Waals surface area contributed by atoms with E-state index in [0.29, 0.717) is 59.6 Å². The Bertz CT molecular complexity index is 1380. The van der Waals surface area contributed by atoms with Crippen LogP contribution in [0, 0.1) is 6.92 Å². The minimum atomic E-state index is 0.212. The van der Waals surface area contributed by atoms with Crippen molar-refractivity contribution in [3.63, 3.8) is 0 Å². The number of nitrogens with zero attached hydrogens (tertiary/aromatic N) is 7. The molecule has 0 bridgehead atoms. The van der Waals surface area contributed by atoms with Gasteiger partial charge >= 0.3 is 6.01 Å². The average molecular weight is 543 g/mol. The van der Waals surface area contributed by atoms with Crippen LogP contribution in [0.25, 0.3) is 10.2 Å². The van der Waals surface area contributed by atoms with Crippen molar-refractivity contribution in [3.8, 4) is 6.01 Å². The summed E-state index contributed by atoms with van der Waals surface area (Å²) >= 11 is 7.52. The molecule has 4 rings (SSSR count). The molecule has 4 aromatic rings. The summed E-state index contributed by atoms with van der Waals surface area (Å²) < 4.78 is 16.7. The lowest BCUT2D eigenvalue weighted by atomic mass is 10.2. The highest BCUT2D eigenvalue weighted by molar-refractivity contribution is 7.21. The summed E-state index contributed by atoms with van der Waals surface area (Å²) in [5, 5.41) is 13.3. The number of rotatable bonds is 12. The standard InChI is InChI=1S/C24H27ClN8O3S/c1-15-26-22(30-23(27-15)36-4)28-20-14-17(33(9-11-34-2)10-12-35-3)6-8-18(20)31-32-24-29-19-7-5-16(25)13-21(19)37-24/h5-8,13-14H,9-12H2,1-4H3,(H,26,27,28,30). The molecule has 0 unspecified atom stereocenters. The second kappa shape index (κ2) is 12.7. The van der Waals surface area contributed by atoms with Crippen molar-refractivity contribution in [2.45, 2.75) is 6.92 Å². The molecule has 0 aliphatic carbocycles. The van der Waals surface area contributed by atoms with Gasteiger partial charge in [0.25, 0.3) is 0 Å². The Morgan fingerprint density at radius 2 is 1.73 bits per heavy atom. The van der Waals surface area contributed by atoms with E-state index >= 15 is 0 Å². The van der Waals surface area contributed by atoms with E-state index in [-0.39, 0.29) is 6.01 Å². The molecule has 1 N–H and O–H groups in total. The summed E-state index contributed by atoms with van der Waals surface area (Å²) in [5.41, 5.74) is 2.99. The van der Waals surface area contributed by atoms with Gasteiger partial charge in [0.1, 0.15) is 11.5 Å². The van der Waals surface area contributed by atoms with Gasteiger partial charge in [0.15, 0.2) is 0 Å². The number of nitrogens with one attached hydrogen (secondary N) is 1. The van der Waals surface area contributed by atoms with Gasteiger partial charge in [0, 0.05) is 38.0 Å². The average Bonchev–Trinajstić information content (AvgIpc) is 3.29. The third kappa shape index (κ3) is 7.07. The summed E-state index contributed by atoms with van der Waals surface area (Å²) in [6, 6.07) is 11.6. The number of methoxy groups -OCH3 is 3. The highest BCUT2D eigenvalue weighted by Gasteiger charge is 2.13. The quantitative estimate of drug-likeness (QED) is 0.224. The van der Waals surface area contributed by atoms with Crippen molar-refractivity contribution in [2.75, 3.05) is 57.8 Å². The highest BCUT2D eigenvalue weighted by atomic mass is 35.5. The van der Waals surface area contributed by atoms with Gasteiger partial charge in [-0.2, -0.15) is 15.0 Å². The summed E-state index contributed by atoms with van der Waals surface area (Å²) in [7, 11) is 4.86. The molecule has 2 aromatic carbocycles. The molecule has 0 amide bonds. The normalized spacial score (nSPS) is 11.4. The molecular formula is C24H27ClN8O3S. The maximum absolute atomic E-state index is 6.11. The van der Waals surface area contributed by atoms with E-state index in [1.165, 1.54) is 18.4 Å². The SMILES string of the molecule is COCCN(CCOC)c1ccc(N=Nc2nc3ccc(Cl)cc3s2)c(Nc2nc(C)nc(OC)n2)c1. The van der Waals surface area contributed by atoms with E-state index in [2.05, 4.69) is 40.4 Å². The van der Waals surface area contributed by atoms with Crippen LogP contribution < -0.4 is 15.0 Å². The number of aromatic nitrogens is 4. The first kappa shape index (κ1) is 26.6. The number of ether oxygens (including phenoxy) is 3. The number of aryl methyl sites for hydroxylation is 1. The van der Waals surface area contributed by atoms with Crippen LogP contribution in [0.4, 0.5) is 28.1 Å². The monoisotopic (exact) mass is 542 g/mol. The first-order chi connectivity index (χ1) is 18.0. The Kier molecular flexibility index (Phi) is 9.12. The van der Waals surface area contributed by atoms with Crippen molar-refractivity contribution in [1.29, 1.82) is 0 Å². The molecule has 0 fully saturated rings. The fourth-order valence-corrected chi connectivity index (χ4v) is 4.49. The Balaban J connectivity index is 1.70. The molecule has 2 heterocycles. The summed E-state index contributed by atoms with van der Waals surface area (Å²) in [4.78, 5) is 19.5. The number of anilines is 3. The summed E-state index contributed by atoms with van der Waals surface area (Å²) in [5.74, 6) is 0.844. The number of hydrogen-bond acceptors (Lipinski definition) is 12. The second-order valence-electron chi connectivity index (χ2n) is 7.80. The van der Waals surface area contributed by atoms with Crippen molar-refractivity contribution in [3.05, 3.63) is 47.2 Å². The zero-order valence-electron chi connectivity index (χ0n) is 20.9. The van der Waals surface area contributed by atoms with Crippen molar-refractivity contribution >= 4 is 61.3 Å². The molecule has 0 radical (unpaired) electrons. The molecule has 0 aliphatic rings. The lowest BCUT2D eigenvalue weighted by Crippen LogP contribution is -2.30. The van der Waals surface area contributed by atoms with Crippen molar-refractivity contribution < 1.29 is 14.2 Å². The van der Waals surface area contributed by atoms with Gasteiger partial charge in [-0.15, -0.1) is 10.2 Å². The lowest BCUT2D eigenvalue weighted by molar-refractivity contribution is 0.190.